The van der Waals surface area contributed by atoms with Crippen LogP contribution in [0.1, 0.15) is 43.3 Å². The Balaban J connectivity index is 2.15. The molecular weight excluding hydrogens is 258 g/mol. The van der Waals surface area contributed by atoms with Crippen molar-refractivity contribution in [1.82, 2.24) is 4.98 Å². The molecule has 3 aromatic rings. The van der Waals surface area contributed by atoms with E-state index in [1.165, 1.54) is 38.8 Å². The molecule has 0 bridgehead atoms. The number of para-hydroxylation sites is 1. The van der Waals surface area contributed by atoms with Gasteiger partial charge in [-0.15, -0.1) is 0 Å². The van der Waals surface area contributed by atoms with Crippen molar-refractivity contribution in [1.29, 1.82) is 0 Å². The van der Waals surface area contributed by atoms with Crippen molar-refractivity contribution in [2.24, 2.45) is 5.41 Å². The van der Waals surface area contributed by atoms with E-state index >= 15 is 0 Å². The minimum absolute atomic E-state index is 0.322. The van der Waals surface area contributed by atoms with Crippen molar-refractivity contribution in [2.45, 2.75) is 39.7 Å². The van der Waals surface area contributed by atoms with E-state index in [1.54, 1.807) is 0 Å². The van der Waals surface area contributed by atoms with Crippen LogP contribution >= 0.6 is 0 Å². The van der Waals surface area contributed by atoms with Crippen LogP contribution < -0.4 is 10.7 Å². The third-order valence-electron chi connectivity index (χ3n) is 4.88. The van der Waals surface area contributed by atoms with Gasteiger partial charge < -0.3 is 10.7 Å². The summed E-state index contributed by atoms with van der Waals surface area (Å²) in [6, 6.07) is 8.95. The Morgan fingerprint density at radius 1 is 1.29 bits per heavy atom. The second kappa shape index (κ2) is 4.08. The third kappa shape index (κ3) is 1.80. The van der Waals surface area contributed by atoms with E-state index in [2.05, 4.69) is 60.7 Å². The fraction of sp³-hybridized carbons (Fsp3) is 0.389. The van der Waals surface area contributed by atoms with E-state index in [1.807, 2.05) is 0 Å². The van der Waals surface area contributed by atoms with Crippen LogP contribution in [0, 0.1) is 12.3 Å². The van der Waals surface area contributed by atoms with Crippen molar-refractivity contribution >= 4 is 21.8 Å². The minimum Gasteiger partial charge on any atom is -0.351 e. The lowest BCUT2D eigenvalue weighted by atomic mass is 9.73. The number of aromatic amines is 2. The van der Waals surface area contributed by atoms with Crippen LogP contribution in [0.4, 0.5) is 0 Å². The number of benzene rings is 1. The molecule has 1 aliphatic carbocycles. The van der Waals surface area contributed by atoms with Crippen LogP contribution in [0.3, 0.4) is 0 Å². The molecule has 4 rings (SSSR count). The van der Waals surface area contributed by atoms with E-state index in [-0.39, 0.29) is 0 Å². The molecule has 0 aliphatic heterocycles. The molecule has 0 radical (unpaired) electrons. The maximum absolute atomic E-state index is 4.47. The zero-order chi connectivity index (χ0) is 14.8. The molecule has 1 aliphatic rings. The predicted molar refractivity (Wildman–Crippen MR) is 84.8 cm³/mol. The Morgan fingerprint density at radius 3 is 2.86 bits per heavy atom. The van der Waals surface area contributed by atoms with Crippen molar-refractivity contribution < 1.29 is 10.7 Å². The van der Waals surface area contributed by atoms with Crippen molar-refractivity contribution in [3.8, 4) is 0 Å². The van der Waals surface area contributed by atoms with Crippen molar-refractivity contribution in [3.63, 3.8) is 0 Å². The first-order valence-corrected chi connectivity index (χ1v) is 7.74. The first kappa shape index (κ1) is 12.8. The van der Waals surface area contributed by atoms with Gasteiger partial charge in [-0.05, 0) is 11.5 Å². The number of hydrogen-bond donors (Lipinski definition) is 2. The standard InChI is InChI=1S/C18H21N3/c1-10-17-15(11-6-4-5-7-13(11)21-17)16-12(19)8-18(2,3)9-14(16)20-10/h4-7,12,21H,8-9,19H2,1-3H3/p+2. The van der Waals surface area contributed by atoms with Gasteiger partial charge in [0.25, 0.3) is 0 Å². The number of aromatic nitrogens is 2. The highest BCUT2D eigenvalue weighted by Crippen LogP contribution is 2.42. The van der Waals surface area contributed by atoms with Gasteiger partial charge in [0.2, 0.25) is 5.69 Å². The highest BCUT2D eigenvalue weighted by atomic mass is 14.8. The number of nitrogens with one attached hydrogen (secondary N) is 2. The smallest absolute Gasteiger partial charge is 0.201 e. The molecule has 0 spiro atoms. The van der Waals surface area contributed by atoms with E-state index < -0.39 is 0 Å². The summed E-state index contributed by atoms with van der Waals surface area (Å²) in [5, 5.41) is 2.71. The molecule has 21 heavy (non-hydrogen) atoms. The summed E-state index contributed by atoms with van der Waals surface area (Å²) in [5.41, 5.74) is 11.3. The zero-order valence-corrected chi connectivity index (χ0v) is 13.0. The summed E-state index contributed by atoms with van der Waals surface area (Å²) in [6.07, 6.45) is 2.25. The first-order chi connectivity index (χ1) is 9.96. The highest BCUT2D eigenvalue weighted by Gasteiger charge is 2.39. The molecule has 3 heteroatoms. The number of fused-ring (bicyclic) bond motifs is 5. The Hall–Kier alpha value is -1.87. The summed E-state index contributed by atoms with van der Waals surface area (Å²) in [6.45, 7) is 6.85. The van der Waals surface area contributed by atoms with E-state index in [0.717, 1.165) is 12.8 Å². The van der Waals surface area contributed by atoms with Crippen LogP contribution in [-0.2, 0) is 6.42 Å². The van der Waals surface area contributed by atoms with Gasteiger partial charge in [-0.1, -0.05) is 32.0 Å². The highest BCUT2D eigenvalue weighted by molar-refractivity contribution is 6.09. The average Bonchev–Trinajstić information content (AvgIpc) is 2.77. The second-order valence-electron chi connectivity index (χ2n) is 7.30. The molecule has 2 heterocycles. The van der Waals surface area contributed by atoms with E-state index in [4.69, 9.17) is 0 Å². The number of quaternary nitrogens is 1. The number of hydrogen-bond acceptors (Lipinski definition) is 0. The minimum atomic E-state index is 0.322. The Kier molecular flexibility index (Phi) is 2.49. The maximum atomic E-state index is 4.47. The molecule has 1 aromatic carbocycles. The molecule has 1 unspecified atom stereocenters. The van der Waals surface area contributed by atoms with Gasteiger partial charge in [-0.3, -0.25) is 0 Å². The lowest BCUT2D eigenvalue weighted by Gasteiger charge is -2.30. The number of pyridine rings is 1. The fourth-order valence-electron chi connectivity index (χ4n) is 4.12. The first-order valence-electron chi connectivity index (χ1n) is 7.74. The Bertz CT molecular complexity index is 858. The maximum Gasteiger partial charge on any atom is 0.201 e. The number of rotatable bonds is 0. The van der Waals surface area contributed by atoms with Crippen LogP contribution in [0.15, 0.2) is 24.3 Å². The van der Waals surface area contributed by atoms with Crippen LogP contribution in [0.25, 0.3) is 21.8 Å². The molecule has 0 saturated carbocycles. The fourth-order valence-corrected chi connectivity index (χ4v) is 4.12. The molecule has 108 valence electrons. The largest absolute Gasteiger partial charge is 0.351 e. The molecular formula is C18H23N3+2. The summed E-state index contributed by atoms with van der Waals surface area (Å²) in [7, 11) is 0. The lowest BCUT2D eigenvalue weighted by molar-refractivity contribution is -0.446. The van der Waals surface area contributed by atoms with Crippen molar-refractivity contribution in [3.05, 3.63) is 41.2 Å². The molecule has 0 fully saturated rings. The molecule has 5 N–H and O–H groups in total. The predicted octanol–water partition coefficient (Wildman–Crippen LogP) is 2.70. The van der Waals surface area contributed by atoms with E-state index in [0.29, 0.717) is 11.5 Å². The van der Waals surface area contributed by atoms with E-state index in [9.17, 15) is 0 Å². The zero-order valence-electron chi connectivity index (χ0n) is 13.0. The molecule has 0 saturated heterocycles. The normalized spacial score (nSPS) is 20.9. The third-order valence-corrected chi connectivity index (χ3v) is 4.88. The van der Waals surface area contributed by atoms with Crippen LogP contribution in [0.5, 0.6) is 0 Å². The van der Waals surface area contributed by atoms with Crippen LogP contribution in [-0.4, -0.2) is 4.98 Å². The summed E-state index contributed by atoms with van der Waals surface area (Å²) >= 11 is 0. The number of H-pyrrole nitrogens is 2. The van der Waals surface area contributed by atoms with Gasteiger partial charge in [0, 0.05) is 36.1 Å². The van der Waals surface area contributed by atoms with Crippen LogP contribution in [0.2, 0.25) is 0 Å². The van der Waals surface area contributed by atoms with Gasteiger partial charge in [-0.2, -0.15) is 0 Å². The summed E-state index contributed by atoms with van der Waals surface area (Å²) < 4.78 is 0. The Labute approximate surface area is 124 Å². The molecule has 2 aromatic heterocycles. The average molecular weight is 281 g/mol. The van der Waals surface area contributed by atoms with Crippen molar-refractivity contribution in [2.75, 3.05) is 0 Å². The summed E-state index contributed by atoms with van der Waals surface area (Å²) in [4.78, 5) is 7.23. The molecule has 3 nitrogen and oxygen atoms in total. The molecule has 0 amide bonds. The second-order valence-corrected chi connectivity index (χ2v) is 7.30. The quantitative estimate of drug-likeness (QED) is 0.636. The van der Waals surface area contributed by atoms with Gasteiger partial charge in [0.15, 0.2) is 5.69 Å². The van der Waals surface area contributed by atoms with Gasteiger partial charge in [0.05, 0.1) is 5.56 Å². The Morgan fingerprint density at radius 2 is 2.05 bits per heavy atom. The van der Waals surface area contributed by atoms with Gasteiger partial charge >= 0.3 is 0 Å². The summed E-state index contributed by atoms with van der Waals surface area (Å²) in [5.74, 6) is 0. The topological polar surface area (TPSA) is 57.6 Å². The lowest BCUT2D eigenvalue weighted by Crippen LogP contribution is -2.57. The number of aryl methyl sites for hydroxylation is 1. The van der Waals surface area contributed by atoms with Gasteiger partial charge in [0.1, 0.15) is 11.6 Å². The monoisotopic (exact) mass is 281 g/mol. The molecule has 1 atom stereocenters. The SMILES string of the molecule is Cc1[nH+]c2c(c3c1[nH]c1ccccc13)C([NH3+])CC(C)(C)C2. The van der Waals surface area contributed by atoms with Gasteiger partial charge in [-0.25, -0.2) is 4.98 Å².